The monoisotopic (exact) mass is 223 g/mol. The Balaban J connectivity index is 2.30. The van der Waals surface area contributed by atoms with E-state index in [2.05, 4.69) is 5.32 Å². The normalized spacial score (nSPS) is 19.4. The Bertz CT molecular complexity index is 483. The van der Waals surface area contributed by atoms with E-state index in [4.69, 9.17) is 5.26 Å². The molecule has 1 aliphatic heterocycles. The van der Waals surface area contributed by atoms with Crippen molar-refractivity contribution in [3.63, 3.8) is 0 Å². The van der Waals surface area contributed by atoms with E-state index in [1.807, 2.05) is 0 Å². The summed E-state index contributed by atoms with van der Waals surface area (Å²) in [4.78, 5) is 12.0. The van der Waals surface area contributed by atoms with Gasteiger partial charge in [0.1, 0.15) is 11.6 Å². The molecule has 82 valence electrons. The summed E-state index contributed by atoms with van der Waals surface area (Å²) in [5.74, 6) is -1.19. The van der Waals surface area contributed by atoms with Crippen molar-refractivity contribution in [3.8, 4) is 6.19 Å². The summed E-state index contributed by atoms with van der Waals surface area (Å²) >= 11 is 0. The number of amides is 2. The van der Waals surface area contributed by atoms with Gasteiger partial charge in [0.25, 0.3) is 0 Å². The number of hydrogen-bond acceptors (Lipinski definition) is 2. The van der Waals surface area contributed by atoms with Gasteiger partial charge >= 0.3 is 6.03 Å². The largest absolute Gasteiger partial charge is 0.331 e. The van der Waals surface area contributed by atoms with Crippen LogP contribution >= 0.6 is 0 Å². The Hall–Kier alpha value is -2.16. The first-order valence-electron chi connectivity index (χ1n) is 4.54. The number of nitrogens with one attached hydrogen (secondary N) is 1. The summed E-state index contributed by atoms with van der Waals surface area (Å²) in [5.41, 5.74) is 0.0473. The van der Waals surface area contributed by atoms with E-state index in [0.29, 0.717) is 0 Å². The van der Waals surface area contributed by atoms with E-state index in [9.17, 15) is 13.6 Å². The second kappa shape index (κ2) is 3.77. The van der Waals surface area contributed by atoms with Crippen LogP contribution in [-0.4, -0.2) is 17.5 Å². The standard InChI is InChI=1S/C10H7F2N3O/c11-6-1-2-8(12)7(3-6)9-4-15(5-13)10(16)14-9/h1-3,9H,4H2,(H,14,16). The zero-order valence-electron chi connectivity index (χ0n) is 8.08. The number of nitriles is 1. The van der Waals surface area contributed by atoms with Gasteiger partial charge in [-0.25, -0.2) is 18.5 Å². The molecule has 1 aromatic rings. The van der Waals surface area contributed by atoms with Crippen molar-refractivity contribution in [1.29, 1.82) is 5.26 Å². The van der Waals surface area contributed by atoms with Crippen LogP contribution in [0.25, 0.3) is 0 Å². The molecule has 0 aliphatic carbocycles. The summed E-state index contributed by atoms with van der Waals surface area (Å²) in [6.45, 7) is 0.00963. The predicted molar refractivity (Wildman–Crippen MR) is 49.9 cm³/mol. The number of urea groups is 1. The molecule has 1 aromatic carbocycles. The summed E-state index contributed by atoms with van der Waals surface area (Å²) in [5, 5.41) is 11.0. The highest BCUT2D eigenvalue weighted by Crippen LogP contribution is 2.23. The smallest absolute Gasteiger partial charge is 0.328 e. The highest BCUT2D eigenvalue weighted by Gasteiger charge is 2.31. The lowest BCUT2D eigenvalue weighted by Crippen LogP contribution is -2.23. The number of rotatable bonds is 1. The third kappa shape index (κ3) is 1.67. The molecular formula is C10H7F2N3O. The van der Waals surface area contributed by atoms with E-state index in [-0.39, 0.29) is 12.1 Å². The highest BCUT2D eigenvalue weighted by atomic mass is 19.1. The topological polar surface area (TPSA) is 56.1 Å². The first kappa shape index (κ1) is 10.4. The minimum absolute atomic E-state index is 0.00963. The molecule has 1 aliphatic rings. The van der Waals surface area contributed by atoms with Gasteiger partial charge in [-0.2, -0.15) is 5.26 Å². The van der Waals surface area contributed by atoms with Crippen molar-refractivity contribution in [1.82, 2.24) is 10.2 Å². The van der Waals surface area contributed by atoms with Crippen molar-refractivity contribution >= 4 is 6.03 Å². The molecule has 1 saturated heterocycles. The Labute approximate surface area is 90.1 Å². The molecule has 1 unspecified atom stereocenters. The number of halogens is 2. The van der Waals surface area contributed by atoms with Crippen LogP contribution in [-0.2, 0) is 0 Å². The van der Waals surface area contributed by atoms with Gasteiger partial charge in [0.15, 0.2) is 6.19 Å². The molecule has 2 amide bonds. The summed E-state index contributed by atoms with van der Waals surface area (Å²) in [6.07, 6.45) is 1.65. The van der Waals surface area contributed by atoms with Crippen LogP contribution < -0.4 is 5.32 Å². The van der Waals surface area contributed by atoms with E-state index in [1.165, 1.54) is 0 Å². The highest BCUT2D eigenvalue weighted by molar-refractivity contribution is 5.78. The molecule has 1 atom stereocenters. The van der Waals surface area contributed by atoms with E-state index >= 15 is 0 Å². The third-order valence-electron chi connectivity index (χ3n) is 2.36. The van der Waals surface area contributed by atoms with Crippen molar-refractivity contribution in [2.75, 3.05) is 6.54 Å². The minimum atomic E-state index is -0.692. The fraction of sp³-hybridized carbons (Fsp3) is 0.200. The van der Waals surface area contributed by atoms with E-state index in [1.54, 1.807) is 6.19 Å². The third-order valence-corrected chi connectivity index (χ3v) is 2.36. The Kier molecular flexibility index (Phi) is 2.44. The van der Waals surface area contributed by atoms with E-state index < -0.39 is 23.7 Å². The molecular weight excluding hydrogens is 216 g/mol. The lowest BCUT2D eigenvalue weighted by atomic mass is 10.1. The molecule has 16 heavy (non-hydrogen) atoms. The molecule has 0 bridgehead atoms. The average Bonchev–Trinajstić information content (AvgIpc) is 2.63. The van der Waals surface area contributed by atoms with Crippen LogP contribution in [0.2, 0.25) is 0 Å². The van der Waals surface area contributed by atoms with Crippen molar-refractivity contribution < 1.29 is 13.6 Å². The van der Waals surface area contributed by atoms with Gasteiger partial charge in [0.05, 0.1) is 12.6 Å². The van der Waals surface area contributed by atoms with E-state index in [0.717, 1.165) is 23.1 Å². The number of hydrogen-bond donors (Lipinski definition) is 1. The van der Waals surface area contributed by atoms with Gasteiger partial charge in [-0.1, -0.05) is 0 Å². The molecule has 1 heterocycles. The number of benzene rings is 1. The van der Waals surface area contributed by atoms with Crippen LogP contribution in [0.1, 0.15) is 11.6 Å². The van der Waals surface area contributed by atoms with Crippen LogP contribution in [0.4, 0.5) is 13.6 Å². The molecule has 6 heteroatoms. The zero-order valence-corrected chi connectivity index (χ0v) is 8.08. The molecule has 4 nitrogen and oxygen atoms in total. The average molecular weight is 223 g/mol. The summed E-state index contributed by atoms with van der Waals surface area (Å²) in [7, 11) is 0. The van der Waals surface area contributed by atoms with Gasteiger partial charge in [0.2, 0.25) is 0 Å². The molecule has 2 rings (SSSR count). The number of carbonyl (C=O) groups excluding carboxylic acids is 1. The molecule has 1 N–H and O–H groups in total. The summed E-state index contributed by atoms with van der Waals surface area (Å²) in [6, 6.07) is 1.71. The molecule has 0 aromatic heterocycles. The molecule has 0 saturated carbocycles. The quantitative estimate of drug-likeness (QED) is 0.733. The zero-order chi connectivity index (χ0) is 11.7. The van der Waals surface area contributed by atoms with Gasteiger partial charge in [-0.15, -0.1) is 0 Å². The molecule has 0 radical (unpaired) electrons. The lowest BCUT2D eigenvalue weighted by Gasteiger charge is -2.09. The Morgan fingerprint density at radius 2 is 2.25 bits per heavy atom. The fourth-order valence-electron chi connectivity index (χ4n) is 1.58. The first-order chi connectivity index (χ1) is 7.61. The fourth-order valence-corrected chi connectivity index (χ4v) is 1.58. The minimum Gasteiger partial charge on any atom is -0.328 e. The number of nitrogens with zero attached hydrogens (tertiary/aromatic N) is 2. The van der Waals surface area contributed by atoms with Gasteiger partial charge < -0.3 is 5.32 Å². The Morgan fingerprint density at radius 3 is 2.88 bits per heavy atom. The van der Waals surface area contributed by atoms with Crippen molar-refractivity contribution in [2.24, 2.45) is 0 Å². The van der Waals surface area contributed by atoms with Crippen LogP contribution in [0, 0.1) is 23.1 Å². The maximum Gasteiger partial charge on any atom is 0.331 e. The molecule has 1 fully saturated rings. The lowest BCUT2D eigenvalue weighted by molar-refractivity contribution is 0.232. The van der Waals surface area contributed by atoms with Crippen LogP contribution in [0.15, 0.2) is 18.2 Å². The van der Waals surface area contributed by atoms with Crippen LogP contribution in [0.5, 0.6) is 0 Å². The Morgan fingerprint density at radius 1 is 1.50 bits per heavy atom. The molecule has 0 spiro atoms. The maximum absolute atomic E-state index is 13.4. The second-order valence-electron chi connectivity index (χ2n) is 3.38. The van der Waals surface area contributed by atoms with Crippen molar-refractivity contribution in [3.05, 3.63) is 35.4 Å². The van der Waals surface area contributed by atoms with Gasteiger partial charge in [-0.05, 0) is 18.2 Å². The van der Waals surface area contributed by atoms with Crippen LogP contribution in [0.3, 0.4) is 0 Å². The van der Waals surface area contributed by atoms with Gasteiger partial charge in [0, 0.05) is 5.56 Å². The maximum atomic E-state index is 13.4. The summed E-state index contributed by atoms with van der Waals surface area (Å²) < 4.78 is 26.3. The SMILES string of the molecule is N#CN1CC(c2cc(F)ccc2F)NC1=O. The first-order valence-corrected chi connectivity index (χ1v) is 4.54. The predicted octanol–water partition coefficient (Wildman–Crippen LogP) is 1.51. The van der Waals surface area contributed by atoms with Gasteiger partial charge in [-0.3, -0.25) is 0 Å². The number of carbonyl (C=O) groups is 1. The van der Waals surface area contributed by atoms with Crippen molar-refractivity contribution in [2.45, 2.75) is 6.04 Å². The second-order valence-corrected chi connectivity index (χ2v) is 3.38.